The molecule has 0 aliphatic heterocycles. The number of aromatic nitrogens is 2. The number of aryl methyl sites for hydroxylation is 2. The van der Waals surface area contributed by atoms with E-state index < -0.39 is 0 Å². The number of nitrogens with zero attached hydrogens (tertiary/aromatic N) is 2. The van der Waals surface area contributed by atoms with Crippen LogP contribution in [0.4, 0.5) is 5.82 Å². The van der Waals surface area contributed by atoms with Crippen LogP contribution in [0.3, 0.4) is 0 Å². The molecule has 1 aromatic carbocycles. The molecule has 0 unspecified atom stereocenters. The summed E-state index contributed by atoms with van der Waals surface area (Å²) in [6.07, 6.45) is 1.06. The Balaban J connectivity index is 2.05. The SMILES string of the molecule is CCCNc1cc(-c2cc3cccc(C)c3o2)nc(C)n1. The zero-order valence-electron chi connectivity index (χ0n) is 12.6. The minimum absolute atomic E-state index is 0.739. The Morgan fingerprint density at radius 1 is 1.14 bits per heavy atom. The van der Waals surface area contributed by atoms with Gasteiger partial charge in [0.15, 0.2) is 5.76 Å². The van der Waals surface area contributed by atoms with Crippen LogP contribution in [0.25, 0.3) is 22.4 Å². The van der Waals surface area contributed by atoms with Gasteiger partial charge in [0, 0.05) is 18.0 Å². The van der Waals surface area contributed by atoms with Crippen LogP contribution in [0.5, 0.6) is 0 Å². The zero-order valence-corrected chi connectivity index (χ0v) is 12.6. The Labute approximate surface area is 124 Å². The highest BCUT2D eigenvalue weighted by molar-refractivity contribution is 5.84. The molecule has 3 aromatic rings. The van der Waals surface area contributed by atoms with Crippen molar-refractivity contribution in [1.29, 1.82) is 0 Å². The fourth-order valence-corrected chi connectivity index (χ4v) is 2.37. The van der Waals surface area contributed by atoms with E-state index in [4.69, 9.17) is 4.42 Å². The second-order valence-electron chi connectivity index (χ2n) is 5.22. The van der Waals surface area contributed by atoms with Gasteiger partial charge < -0.3 is 9.73 Å². The molecule has 2 heterocycles. The van der Waals surface area contributed by atoms with Crippen molar-refractivity contribution in [3.63, 3.8) is 0 Å². The summed E-state index contributed by atoms with van der Waals surface area (Å²) >= 11 is 0. The first-order valence-corrected chi connectivity index (χ1v) is 7.26. The van der Waals surface area contributed by atoms with Gasteiger partial charge in [-0.1, -0.05) is 25.1 Å². The quantitative estimate of drug-likeness (QED) is 0.773. The van der Waals surface area contributed by atoms with Gasteiger partial charge in [0.1, 0.15) is 22.9 Å². The van der Waals surface area contributed by atoms with Gasteiger partial charge >= 0.3 is 0 Å². The van der Waals surface area contributed by atoms with Gasteiger partial charge in [-0.2, -0.15) is 0 Å². The maximum Gasteiger partial charge on any atom is 0.154 e. The Morgan fingerprint density at radius 3 is 2.76 bits per heavy atom. The van der Waals surface area contributed by atoms with E-state index in [-0.39, 0.29) is 0 Å². The van der Waals surface area contributed by atoms with Crippen molar-refractivity contribution >= 4 is 16.8 Å². The van der Waals surface area contributed by atoms with Crippen LogP contribution in [-0.4, -0.2) is 16.5 Å². The predicted molar refractivity (Wildman–Crippen MR) is 85.5 cm³/mol. The van der Waals surface area contributed by atoms with Gasteiger partial charge in [0.2, 0.25) is 0 Å². The van der Waals surface area contributed by atoms with Crippen LogP contribution < -0.4 is 5.32 Å². The highest BCUT2D eigenvalue weighted by atomic mass is 16.3. The fraction of sp³-hybridized carbons (Fsp3) is 0.294. The molecular formula is C17H19N3O. The summed E-state index contributed by atoms with van der Waals surface area (Å²) in [5.41, 5.74) is 2.87. The molecule has 3 rings (SSSR count). The number of rotatable bonds is 4. The fourth-order valence-electron chi connectivity index (χ4n) is 2.37. The van der Waals surface area contributed by atoms with E-state index in [0.29, 0.717) is 0 Å². The summed E-state index contributed by atoms with van der Waals surface area (Å²) < 4.78 is 5.98. The van der Waals surface area contributed by atoms with Gasteiger partial charge in [-0.3, -0.25) is 0 Å². The molecule has 2 aromatic heterocycles. The molecule has 0 saturated heterocycles. The molecule has 0 aliphatic carbocycles. The lowest BCUT2D eigenvalue weighted by atomic mass is 10.2. The van der Waals surface area contributed by atoms with Gasteiger partial charge in [-0.05, 0) is 31.9 Å². The van der Waals surface area contributed by atoms with E-state index in [1.54, 1.807) is 0 Å². The van der Waals surface area contributed by atoms with Gasteiger partial charge in [-0.25, -0.2) is 9.97 Å². The largest absolute Gasteiger partial charge is 0.454 e. The van der Waals surface area contributed by atoms with Gasteiger partial charge in [0.25, 0.3) is 0 Å². The van der Waals surface area contributed by atoms with E-state index in [1.807, 2.05) is 25.1 Å². The summed E-state index contributed by atoms with van der Waals surface area (Å²) in [4.78, 5) is 8.90. The minimum atomic E-state index is 0.739. The van der Waals surface area contributed by atoms with Crippen LogP contribution in [0.15, 0.2) is 34.7 Å². The molecule has 0 amide bonds. The van der Waals surface area contributed by atoms with Crippen LogP contribution in [0, 0.1) is 13.8 Å². The third kappa shape index (κ3) is 2.75. The number of nitrogens with one attached hydrogen (secondary N) is 1. The number of para-hydroxylation sites is 1. The smallest absolute Gasteiger partial charge is 0.154 e. The average molecular weight is 281 g/mol. The molecule has 1 N–H and O–H groups in total. The Hall–Kier alpha value is -2.36. The van der Waals surface area contributed by atoms with E-state index in [9.17, 15) is 0 Å². The average Bonchev–Trinajstić information content (AvgIpc) is 2.90. The van der Waals surface area contributed by atoms with Crippen LogP contribution in [0.2, 0.25) is 0 Å². The number of benzene rings is 1. The number of hydrogen-bond donors (Lipinski definition) is 1. The monoisotopic (exact) mass is 281 g/mol. The molecule has 0 spiro atoms. The van der Waals surface area contributed by atoms with E-state index in [2.05, 4.69) is 41.3 Å². The number of furan rings is 1. The molecule has 108 valence electrons. The standard InChI is InChI=1S/C17H19N3O/c1-4-8-18-16-10-14(19-12(3)20-16)15-9-13-7-5-6-11(2)17(13)21-15/h5-7,9-10H,4,8H2,1-3H3,(H,18,19,20). The highest BCUT2D eigenvalue weighted by Crippen LogP contribution is 2.29. The third-order valence-electron chi connectivity index (χ3n) is 3.39. The van der Waals surface area contributed by atoms with Crippen LogP contribution in [-0.2, 0) is 0 Å². The number of fused-ring (bicyclic) bond motifs is 1. The second kappa shape index (κ2) is 5.56. The van der Waals surface area contributed by atoms with Crippen molar-refractivity contribution in [2.24, 2.45) is 0 Å². The van der Waals surface area contributed by atoms with E-state index in [1.165, 1.54) is 0 Å². The second-order valence-corrected chi connectivity index (χ2v) is 5.22. The lowest BCUT2D eigenvalue weighted by Gasteiger charge is -2.06. The van der Waals surface area contributed by atoms with Crippen molar-refractivity contribution in [2.45, 2.75) is 27.2 Å². The van der Waals surface area contributed by atoms with Crippen LogP contribution >= 0.6 is 0 Å². The topological polar surface area (TPSA) is 51.0 Å². The molecule has 0 bridgehead atoms. The summed E-state index contributed by atoms with van der Waals surface area (Å²) in [5, 5.41) is 4.40. The Morgan fingerprint density at radius 2 is 2.00 bits per heavy atom. The maximum absolute atomic E-state index is 5.98. The van der Waals surface area contributed by atoms with Gasteiger partial charge in [0.05, 0.1) is 0 Å². The van der Waals surface area contributed by atoms with E-state index >= 15 is 0 Å². The summed E-state index contributed by atoms with van der Waals surface area (Å²) in [6, 6.07) is 10.1. The number of anilines is 1. The molecule has 0 fully saturated rings. The zero-order chi connectivity index (χ0) is 14.8. The van der Waals surface area contributed by atoms with Gasteiger partial charge in [-0.15, -0.1) is 0 Å². The molecule has 21 heavy (non-hydrogen) atoms. The number of hydrogen-bond acceptors (Lipinski definition) is 4. The highest BCUT2D eigenvalue weighted by Gasteiger charge is 2.11. The lowest BCUT2D eigenvalue weighted by Crippen LogP contribution is -2.04. The van der Waals surface area contributed by atoms with Crippen molar-refractivity contribution < 1.29 is 4.42 Å². The molecule has 4 nitrogen and oxygen atoms in total. The third-order valence-corrected chi connectivity index (χ3v) is 3.39. The first-order valence-electron chi connectivity index (χ1n) is 7.26. The Kier molecular flexibility index (Phi) is 3.60. The predicted octanol–water partition coefficient (Wildman–Crippen LogP) is 4.33. The van der Waals surface area contributed by atoms with E-state index in [0.717, 1.165) is 52.6 Å². The molecule has 4 heteroatoms. The van der Waals surface area contributed by atoms with Crippen molar-refractivity contribution in [3.05, 3.63) is 41.7 Å². The minimum Gasteiger partial charge on any atom is -0.454 e. The lowest BCUT2D eigenvalue weighted by molar-refractivity contribution is 0.625. The summed E-state index contributed by atoms with van der Waals surface area (Å²) in [7, 11) is 0. The first-order chi connectivity index (χ1) is 10.2. The summed E-state index contributed by atoms with van der Waals surface area (Å²) in [6.45, 7) is 6.97. The molecular weight excluding hydrogens is 262 g/mol. The first kappa shape index (κ1) is 13.6. The molecule has 0 radical (unpaired) electrons. The van der Waals surface area contributed by atoms with Crippen molar-refractivity contribution in [1.82, 2.24) is 9.97 Å². The van der Waals surface area contributed by atoms with Crippen LogP contribution in [0.1, 0.15) is 24.7 Å². The van der Waals surface area contributed by atoms with Crippen molar-refractivity contribution in [3.8, 4) is 11.5 Å². The normalized spacial score (nSPS) is 11.0. The maximum atomic E-state index is 5.98. The molecule has 0 saturated carbocycles. The van der Waals surface area contributed by atoms with Crippen molar-refractivity contribution in [2.75, 3.05) is 11.9 Å². The Bertz CT molecular complexity index is 777. The molecule has 0 atom stereocenters. The summed E-state index contributed by atoms with van der Waals surface area (Å²) in [5.74, 6) is 2.36. The molecule has 0 aliphatic rings.